The molecule has 7 nitrogen and oxygen atoms in total. The smallest absolute Gasteiger partial charge is 0.217 e. The number of carboxylic acid groups (broad SMARTS) is 1. The van der Waals surface area contributed by atoms with Crippen LogP contribution in [0.25, 0.3) is 10.9 Å². The molecular formula is C17H19N2O5S-. The first-order valence-electron chi connectivity index (χ1n) is 7.50. The maximum atomic E-state index is 11.2. The predicted molar refractivity (Wildman–Crippen MR) is 92.9 cm³/mol. The largest absolute Gasteiger partial charge is 0.548 e. The molecule has 2 aromatic rings. The molecule has 0 spiro atoms. The number of ether oxygens (including phenoxy) is 2. The van der Waals surface area contributed by atoms with Crippen molar-refractivity contribution in [3.63, 3.8) is 0 Å². The number of pyridine rings is 1. The number of amides is 1. The van der Waals surface area contributed by atoms with Crippen LogP contribution in [0.1, 0.15) is 12.6 Å². The van der Waals surface area contributed by atoms with E-state index < -0.39 is 17.9 Å². The molecule has 0 bridgehead atoms. The molecule has 1 aromatic carbocycles. The van der Waals surface area contributed by atoms with Crippen molar-refractivity contribution < 1.29 is 24.2 Å². The average Bonchev–Trinajstić information content (AvgIpc) is 2.56. The minimum Gasteiger partial charge on any atom is -0.548 e. The number of nitrogens with one attached hydrogen (secondary N) is 1. The number of carbonyl (C=O) groups excluding carboxylic acids is 2. The van der Waals surface area contributed by atoms with Crippen molar-refractivity contribution in [2.45, 2.75) is 24.8 Å². The Morgan fingerprint density at radius 1 is 1.28 bits per heavy atom. The van der Waals surface area contributed by atoms with E-state index in [0.717, 1.165) is 16.0 Å². The number of hydrogen-bond acceptors (Lipinski definition) is 7. The summed E-state index contributed by atoms with van der Waals surface area (Å²) in [5, 5.41) is 14.3. The van der Waals surface area contributed by atoms with Gasteiger partial charge in [0.2, 0.25) is 5.91 Å². The number of hydrogen-bond donors (Lipinski definition) is 1. The molecule has 1 atom stereocenters. The van der Waals surface area contributed by atoms with E-state index in [-0.39, 0.29) is 5.75 Å². The number of methoxy groups -OCH3 is 2. The highest BCUT2D eigenvalue weighted by Gasteiger charge is 2.17. The van der Waals surface area contributed by atoms with Crippen LogP contribution in [0.4, 0.5) is 0 Å². The standard InChI is InChI=1S/C17H20N2O5S/c1-9-7-14(25-8-11(17(21)22)19-10(2)20)15-12(23-3)5-6-13(24-4)16(15)18-9/h5-7,11H,8H2,1-4H3,(H,19,20)(H,21,22)/p-1/t11-/m1/s1. The monoisotopic (exact) mass is 363 g/mol. The maximum Gasteiger partial charge on any atom is 0.217 e. The highest BCUT2D eigenvalue weighted by Crippen LogP contribution is 2.39. The van der Waals surface area contributed by atoms with Crippen LogP contribution in [-0.2, 0) is 9.59 Å². The van der Waals surface area contributed by atoms with E-state index in [1.165, 1.54) is 18.7 Å². The fourth-order valence-electron chi connectivity index (χ4n) is 2.41. The Balaban J connectivity index is 2.46. The third-order valence-corrected chi connectivity index (χ3v) is 4.62. The first-order chi connectivity index (χ1) is 11.9. The SMILES string of the molecule is COc1ccc(OC)c2c(SC[C@@H](NC(C)=O)C(=O)[O-])cc(C)nc12. The van der Waals surface area contributed by atoms with Crippen LogP contribution in [0, 0.1) is 6.92 Å². The summed E-state index contributed by atoms with van der Waals surface area (Å²) in [7, 11) is 3.11. The van der Waals surface area contributed by atoms with Gasteiger partial charge in [0, 0.05) is 23.3 Å². The lowest BCUT2D eigenvalue weighted by molar-refractivity contribution is -0.307. The van der Waals surface area contributed by atoms with Gasteiger partial charge in [0.05, 0.1) is 31.6 Å². The molecule has 1 aromatic heterocycles. The van der Waals surface area contributed by atoms with Gasteiger partial charge in [-0.25, -0.2) is 4.98 Å². The van der Waals surface area contributed by atoms with Crippen molar-refractivity contribution in [2.75, 3.05) is 20.0 Å². The number of carbonyl (C=O) groups is 2. The van der Waals surface area contributed by atoms with E-state index in [1.54, 1.807) is 26.4 Å². The quantitative estimate of drug-likeness (QED) is 0.730. The lowest BCUT2D eigenvalue weighted by Crippen LogP contribution is -2.48. The fraction of sp³-hybridized carbons (Fsp3) is 0.353. The van der Waals surface area contributed by atoms with Gasteiger partial charge in [-0.2, -0.15) is 0 Å². The molecule has 0 fully saturated rings. The van der Waals surface area contributed by atoms with Crippen LogP contribution in [0.3, 0.4) is 0 Å². The van der Waals surface area contributed by atoms with E-state index >= 15 is 0 Å². The van der Waals surface area contributed by atoms with Gasteiger partial charge in [-0.15, -0.1) is 11.8 Å². The summed E-state index contributed by atoms with van der Waals surface area (Å²) in [4.78, 5) is 27.7. The zero-order valence-electron chi connectivity index (χ0n) is 14.4. The number of aryl methyl sites for hydroxylation is 1. The molecule has 134 valence electrons. The van der Waals surface area contributed by atoms with Crippen molar-refractivity contribution in [1.82, 2.24) is 10.3 Å². The molecule has 0 unspecified atom stereocenters. The highest BCUT2D eigenvalue weighted by molar-refractivity contribution is 7.99. The molecule has 1 N–H and O–H groups in total. The number of rotatable bonds is 7. The maximum absolute atomic E-state index is 11.2. The number of fused-ring (bicyclic) bond motifs is 1. The summed E-state index contributed by atoms with van der Waals surface area (Å²) < 4.78 is 10.8. The van der Waals surface area contributed by atoms with Crippen LogP contribution >= 0.6 is 11.8 Å². The van der Waals surface area contributed by atoms with Crippen molar-refractivity contribution in [3.05, 3.63) is 23.9 Å². The number of carboxylic acids is 1. The second-order valence-corrected chi connectivity index (χ2v) is 6.40. The predicted octanol–water partition coefficient (Wildman–Crippen LogP) is 0.907. The Kier molecular flexibility index (Phi) is 6.08. The molecule has 0 radical (unpaired) electrons. The number of aromatic nitrogens is 1. The van der Waals surface area contributed by atoms with Crippen LogP contribution < -0.4 is 19.9 Å². The number of nitrogens with zero attached hydrogens (tertiary/aromatic N) is 1. The van der Waals surface area contributed by atoms with E-state index in [0.29, 0.717) is 17.0 Å². The van der Waals surface area contributed by atoms with E-state index in [9.17, 15) is 14.7 Å². The summed E-state index contributed by atoms with van der Waals surface area (Å²) in [5.74, 6) is -0.442. The topological polar surface area (TPSA) is 101 Å². The van der Waals surface area contributed by atoms with Crippen molar-refractivity contribution >= 4 is 34.5 Å². The number of benzene rings is 1. The molecular weight excluding hydrogens is 344 g/mol. The summed E-state index contributed by atoms with van der Waals surface area (Å²) in [6, 6.07) is 4.28. The number of aliphatic carboxylic acids is 1. The molecule has 0 aliphatic rings. The van der Waals surface area contributed by atoms with E-state index in [1.807, 2.05) is 13.0 Å². The van der Waals surface area contributed by atoms with Crippen LogP contribution in [0.2, 0.25) is 0 Å². The Morgan fingerprint density at radius 3 is 2.48 bits per heavy atom. The van der Waals surface area contributed by atoms with Crippen LogP contribution in [0.15, 0.2) is 23.1 Å². The molecule has 0 saturated carbocycles. The highest BCUT2D eigenvalue weighted by atomic mass is 32.2. The second-order valence-electron chi connectivity index (χ2n) is 5.34. The Labute approximate surface area is 149 Å². The van der Waals surface area contributed by atoms with Gasteiger partial charge in [0.25, 0.3) is 0 Å². The molecule has 0 saturated heterocycles. The van der Waals surface area contributed by atoms with Gasteiger partial charge in [-0.05, 0) is 25.1 Å². The average molecular weight is 363 g/mol. The van der Waals surface area contributed by atoms with Crippen molar-refractivity contribution in [1.29, 1.82) is 0 Å². The summed E-state index contributed by atoms with van der Waals surface area (Å²) in [5.41, 5.74) is 1.39. The van der Waals surface area contributed by atoms with Crippen LogP contribution in [0.5, 0.6) is 11.5 Å². The normalized spacial score (nSPS) is 11.8. The number of thioether (sulfide) groups is 1. The van der Waals surface area contributed by atoms with E-state index in [2.05, 4.69) is 10.3 Å². The summed E-state index contributed by atoms with van der Waals surface area (Å²) >= 11 is 1.28. The molecule has 8 heteroatoms. The first-order valence-corrected chi connectivity index (χ1v) is 8.49. The molecule has 2 rings (SSSR count). The summed E-state index contributed by atoms with van der Waals surface area (Å²) in [6.45, 7) is 3.10. The Bertz CT molecular complexity index is 809. The van der Waals surface area contributed by atoms with Gasteiger partial charge in [-0.1, -0.05) is 0 Å². The molecule has 0 aliphatic carbocycles. The molecule has 1 heterocycles. The summed E-state index contributed by atoms with van der Waals surface area (Å²) in [6.07, 6.45) is 0. The molecule has 25 heavy (non-hydrogen) atoms. The Morgan fingerprint density at radius 2 is 1.92 bits per heavy atom. The van der Waals surface area contributed by atoms with E-state index in [4.69, 9.17) is 9.47 Å². The third-order valence-electron chi connectivity index (χ3n) is 3.48. The molecule has 0 aliphatic heterocycles. The zero-order valence-corrected chi connectivity index (χ0v) is 15.2. The lowest BCUT2D eigenvalue weighted by Gasteiger charge is -2.19. The van der Waals surface area contributed by atoms with Crippen LogP contribution in [-0.4, -0.2) is 42.9 Å². The Hall–Kier alpha value is -2.48. The first kappa shape index (κ1) is 18.9. The van der Waals surface area contributed by atoms with Gasteiger partial charge in [0.1, 0.15) is 17.0 Å². The van der Waals surface area contributed by atoms with Gasteiger partial charge < -0.3 is 24.7 Å². The zero-order chi connectivity index (χ0) is 18.6. The van der Waals surface area contributed by atoms with Gasteiger partial charge in [0.15, 0.2) is 0 Å². The van der Waals surface area contributed by atoms with Gasteiger partial charge in [-0.3, -0.25) is 4.79 Å². The van der Waals surface area contributed by atoms with Crippen molar-refractivity contribution in [3.8, 4) is 11.5 Å². The third kappa shape index (κ3) is 4.33. The minimum absolute atomic E-state index is 0.112. The molecule has 1 amide bonds. The second kappa shape index (κ2) is 8.06. The van der Waals surface area contributed by atoms with Gasteiger partial charge >= 0.3 is 0 Å². The fourth-order valence-corrected chi connectivity index (χ4v) is 3.57. The lowest BCUT2D eigenvalue weighted by atomic mass is 10.1. The van der Waals surface area contributed by atoms with Crippen molar-refractivity contribution in [2.24, 2.45) is 0 Å². The minimum atomic E-state index is -1.33.